The molecule has 1 atom stereocenters. The quantitative estimate of drug-likeness (QED) is 0.777. The maximum Gasteiger partial charge on any atom is 0.304 e. The van der Waals surface area contributed by atoms with Crippen LogP contribution in [0.1, 0.15) is 19.3 Å². The van der Waals surface area contributed by atoms with E-state index in [4.69, 9.17) is 0 Å². The number of piperidine rings is 1. The Morgan fingerprint density at radius 3 is 2.60 bits per heavy atom. The summed E-state index contributed by atoms with van der Waals surface area (Å²) in [5.41, 5.74) is 0.159. The van der Waals surface area contributed by atoms with Crippen LogP contribution in [0.5, 0.6) is 0 Å². The molecule has 0 saturated carbocycles. The molecule has 2 aromatic rings. The minimum Gasteiger partial charge on any atom is -0.610 e. The first-order chi connectivity index (χ1) is 9.58. The van der Waals surface area contributed by atoms with Crippen LogP contribution >= 0.6 is 11.3 Å². The van der Waals surface area contributed by atoms with Crippen LogP contribution < -0.4 is 10.5 Å². The van der Waals surface area contributed by atoms with Crippen LogP contribution in [0.25, 0.3) is 10.3 Å². The fourth-order valence-electron chi connectivity index (χ4n) is 2.42. The summed E-state index contributed by atoms with van der Waals surface area (Å²) < 4.78 is 13.5. The molecule has 8 heteroatoms. The molecule has 1 aliphatic rings. The van der Waals surface area contributed by atoms with Crippen molar-refractivity contribution in [1.29, 1.82) is 0 Å². The predicted molar refractivity (Wildman–Crippen MR) is 81.1 cm³/mol. The number of fused-ring (bicyclic) bond motifs is 1. The van der Waals surface area contributed by atoms with Gasteiger partial charge in [-0.15, -0.1) is 0 Å². The second kappa shape index (κ2) is 5.34. The van der Waals surface area contributed by atoms with Gasteiger partial charge in [-0.1, -0.05) is 0 Å². The summed E-state index contributed by atoms with van der Waals surface area (Å²) in [6, 6.07) is 0. The normalized spacial score (nSPS) is 17.6. The van der Waals surface area contributed by atoms with E-state index in [1.54, 1.807) is 17.9 Å². The average Bonchev–Trinajstić information content (AvgIpc) is 2.88. The van der Waals surface area contributed by atoms with Gasteiger partial charge >= 0.3 is 4.34 Å². The number of nitrogens with zero attached hydrogens (tertiary/aromatic N) is 4. The Balaban J connectivity index is 2.13. The van der Waals surface area contributed by atoms with E-state index >= 15 is 0 Å². The average molecular weight is 312 g/mol. The highest BCUT2D eigenvalue weighted by atomic mass is 32.2. The first-order valence-corrected chi connectivity index (χ1v) is 8.91. The summed E-state index contributed by atoms with van der Waals surface area (Å²) in [4.78, 5) is 23.8. The van der Waals surface area contributed by atoms with Gasteiger partial charge in [0.05, 0.1) is 0 Å². The maximum absolute atomic E-state index is 12.4. The van der Waals surface area contributed by atoms with E-state index in [9.17, 15) is 9.35 Å². The zero-order valence-corrected chi connectivity index (χ0v) is 13.1. The second-order valence-corrected chi connectivity index (χ2v) is 7.44. The molecule has 0 bridgehead atoms. The molecule has 1 aliphatic heterocycles. The van der Waals surface area contributed by atoms with Gasteiger partial charge in [-0.25, -0.2) is 4.98 Å². The van der Waals surface area contributed by atoms with Crippen LogP contribution in [0.4, 0.5) is 5.95 Å². The van der Waals surface area contributed by atoms with Crippen molar-refractivity contribution in [3.05, 3.63) is 10.4 Å². The minimum absolute atomic E-state index is 0.163. The number of hydrogen-bond acceptors (Lipinski definition) is 6. The Labute approximate surface area is 123 Å². The van der Waals surface area contributed by atoms with Crippen molar-refractivity contribution < 1.29 is 4.55 Å². The summed E-state index contributed by atoms with van der Waals surface area (Å²) in [6.07, 6.45) is 5.04. The van der Waals surface area contributed by atoms with E-state index in [0.29, 0.717) is 20.6 Å². The van der Waals surface area contributed by atoms with Crippen molar-refractivity contribution >= 4 is 38.8 Å². The van der Waals surface area contributed by atoms with Crippen LogP contribution in [0, 0.1) is 0 Å². The van der Waals surface area contributed by atoms with Crippen molar-refractivity contribution in [2.75, 3.05) is 24.2 Å². The Bertz CT molecular complexity index is 689. The Morgan fingerprint density at radius 1 is 1.25 bits per heavy atom. The summed E-state index contributed by atoms with van der Waals surface area (Å²) in [5, 5.41) is 0. The van der Waals surface area contributed by atoms with Gasteiger partial charge in [-0.3, -0.25) is 9.36 Å². The molecule has 0 spiro atoms. The van der Waals surface area contributed by atoms with Crippen molar-refractivity contribution in [3.8, 4) is 0 Å². The van der Waals surface area contributed by atoms with Gasteiger partial charge in [0.2, 0.25) is 5.95 Å². The molecule has 3 rings (SSSR count). The molecule has 0 amide bonds. The van der Waals surface area contributed by atoms with Gasteiger partial charge in [0.15, 0.2) is 10.3 Å². The summed E-state index contributed by atoms with van der Waals surface area (Å²) in [5.74, 6) is 0.694. The van der Waals surface area contributed by atoms with Crippen molar-refractivity contribution in [2.45, 2.75) is 23.6 Å². The zero-order chi connectivity index (χ0) is 14.3. The van der Waals surface area contributed by atoms with Crippen LogP contribution in [-0.4, -0.2) is 38.4 Å². The summed E-state index contributed by atoms with van der Waals surface area (Å²) in [6.45, 7) is 1.86. The van der Waals surface area contributed by atoms with Crippen molar-refractivity contribution in [2.24, 2.45) is 7.05 Å². The lowest BCUT2D eigenvalue weighted by Crippen LogP contribution is -2.35. The van der Waals surface area contributed by atoms with Crippen LogP contribution in [-0.2, 0) is 18.2 Å². The largest absolute Gasteiger partial charge is 0.610 e. The number of hydrogen-bond donors (Lipinski definition) is 0. The van der Waals surface area contributed by atoms with E-state index < -0.39 is 11.2 Å². The molecule has 108 valence electrons. The van der Waals surface area contributed by atoms with E-state index in [1.807, 2.05) is 0 Å². The second-order valence-electron chi connectivity index (χ2n) is 4.91. The van der Waals surface area contributed by atoms with Gasteiger partial charge in [0.25, 0.3) is 5.56 Å². The maximum atomic E-state index is 12.4. The smallest absolute Gasteiger partial charge is 0.304 e. The third-order valence-electron chi connectivity index (χ3n) is 3.48. The molecule has 1 saturated heterocycles. The topological polar surface area (TPSA) is 74.1 Å². The molecule has 6 nitrogen and oxygen atoms in total. The molecule has 3 heterocycles. The SMILES string of the molecule is Cn1c(N2CCCCC2)nc2sc([S+](C)[O-])nc2c1=O. The fraction of sp³-hybridized carbons (Fsp3) is 0.583. The molecule has 1 unspecified atom stereocenters. The third kappa shape index (κ3) is 2.32. The van der Waals surface area contributed by atoms with Crippen molar-refractivity contribution in [3.63, 3.8) is 0 Å². The molecule has 0 aliphatic carbocycles. The lowest BCUT2D eigenvalue weighted by Gasteiger charge is -2.28. The van der Waals surface area contributed by atoms with Crippen LogP contribution in [0.2, 0.25) is 0 Å². The Kier molecular flexibility index (Phi) is 3.70. The first kappa shape index (κ1) is 13.8. The van der Waals surface area contributed by atoms with Gasteiger partial charge in [-0.05, 0) is 30.6 Å². The standard InChI is InChI=1S/C12H16N4O2S2/c1-15-10(17)8-9(19-12(13-8)20(2)18)14-11(15)16-6-4-3-5-7-16/h3-7H2,1-2H3. The molecule has 0 N–H and O–H groups in total. The highest BCUT2D eigenvalue weighted by Gasteiger charge is 2.21. The molecular weight excluding hydrogens is 296 g/mol. The fourth-order valence-corrected chi connectivity index (χ4v) is 4.01. The molecular formula is C12H16N4O2S2. The number of thiazole rings is 1. The van der Waals surface area contributed by atoms with E-state index in [0.717, 1.165) is 25.9 Å². The Hall–Kier alpha value is -1.12. The van der Waals surface area contributed by atoms with Gasteiger partial charge < -0.3 is 9.45 Å². The lowest BCUT2D eigenvalue weighted by molar-refractivity contribution is 0.558. The minimum atomic E-state index is -1.18. The molecule has 1 fully saturated rings. The van der Waals surface area contributed by atoms with E-state index in [1.165, 1.54) is 17.8 Å². The highest BCUT2D eigenvalue weighted by Crippen LogP contribution is 2.24. The highest BCUT2D eigenvalue weighted by molar-refractivity contribution is 7.92. The third-order valence-corrected chi connectivity index (χ3v) is 5.76. The summed E-state index contributed by atoms with van der Waals surface area (Å²) >= 11 is 0.0619. The number of anilines is 1. The Morgan fingerprint density at radius 2 is 1.95 bits per heavy atom. The van der Waals surface area contributed by atoms with Crippen molar-refractivity contribution in [1.82, 2.24) is 14.5 Å². The van der Waals surface area contributed by atoms with Crippen LogP contribution in [0.15, 0.2) is 9.13 Å². The number of aromatic nitrogens is 3. The molecule has 0 radical (unpaired) electrons. The monoisotopic (exact) mass is 312 g/mol. The molecule has 0 aromatic carbocycles. The lowest BCUT2D eigenvalue weighted by atomic mass is 10.1. The van der Waals surface area contributed by atoms with Gasteiger partial charge in [0.1, 0.15) is 6.26 Å². The molecule has 2 aromatic heterocycles. The first-order valence-electron chi connectivity index (χ1n) is 6.54. The number of rotatable bonds is 2. The zero-order valence-electron chi connectivity index (χ0n) is 11.5. The van der Waals surface area contributed by atoms with Gasteiger partial charge in [0, 0.05) is 31.3 Å². The molecule has 20 heavy (non-hydrogen) atoms. The van der Waals surface area contributed by atoms with E-state index in [-0.39, 0.29) is 5.56 Å². The summed E-state index contributed by atoms with van der Waals surface area (Å²) in [7, 11) is 1.72. The van der Waals surface area contributed by atoms with Gasteiger partial charge in [-0.2, -0.15) is 4.98 Å². The predicted octanol–water partition coefficient (Wildman–Crippen LogP) is 1.12. The van der Waals surface area contributed by atoms with E-state index in [2.05, 4.69) is 14.9 Å². The van der Waals surface area contributed by atoms with Crippen LogP contribution in [0.3, 0.4) is 0 Å².